The SMILES string of the molecule is Cc1cc(-c2nn(CC(O)CN3CCC(n4c(=O)[nH]c5ccccc54)CC3)c3c2CN(S(C)(=O)=O)CC3)ccc1Cl. The van der Waals surface area contributed by atoms with E-state index in [1.807, 2.05) is 58.6 Å². The number of para-hydroxylation sites is 2. The number of fused-ring (bicyclic) bond motifs is 2. The highest BCUT2D eigenvalue weighted by Gasteiger charge is 2.31. The Balaban J connectivity index is 1.17. The second kappa shape index (κ2) is 11.0. The van der Waals surface area contributed by atoms with Crippen molar-refractivity contribution in [1.82, 2.24) is 28.5 Å². The number of nitrogens with zero attached hydrogens (tertiary/aromatic N) is 5. The Bertz CT molecular complexity index is 1750. The summed E-state index contributed by atoms with van der Waals surface area (Å²) in [4.78, 5) is 17.8. The molecule has 1 atom stereocenters. The first-order valence-corrected chi connectivity index (χ1v) is 16.2. The van der Waals surface area contributed by atoms with E-state index in [-0.39, 0.29) is 18.3 Å². The average Bonchev–Trinajstić information content (AvgIpc) is 3.46. The molecule has 1 saturated heterocycles. The summed E-state index contributed by atoms with van der Waals surface area (Å²) in [5, 5.41) is 16.7. The molecule has 2 aliphatic heterocycles. The first-order chi connectivity index (χ1) is 19.6. The number of H-pyrrole nitrogens is 1. The van der Waals surface area contributed by atoms with Crippen LogP contribution in [0.2, 0.25) is 5.02 Å². The number of benzene rings is 2. The van der Waals surface area contributed by atoms with Crippen molar-refractivity contribution in [2.24, 2.45) is 0 Å². The Hall–Kier alpha value is -2.96. The zero-order chi connectivity index (χ0) is 28.9. The number of halogens is 1. The predicted molar refractivity (Wildman–Crippen MR) is 160 cm³/mol. The molecular formula is C29H35ClN6O4S. The molecular weight excluding hydrogens is 564 g/mol. The van der Waals surface area contributed by atoms with Crippen molar-refractivity contribution >= 4 is 32.7 Å². The molecule has 0 spiro atoms. The van der Waals surface area contributed by atoms with Crippen LogP contribution in [0.15, 0.2) is 47.3 Å². The number of β-amino-alcohol motifs (C(OH)–C–C–N with tert-alkyl or cyclic N) is 1. The van der Waals surface area contributed by atoms with Crippen LogP contribution in [-0.2, 0) is 29.5 Å². The van der Waals surface area contributed by atoms with E-state index < -0.39 is 16.1 Å². The summed E-state index contributed by atoms with van der Waals surface area (Å²) in [5.41, 5.74) is 6.07. The minimum atomic E-state index is -3.36. The van der Waals surface area contributed by atoms with Crippen LogP contribution in [0.3, 0.4) is 0 Å². The van der Waals surface area contributed by atoms with Crippen molar-refractivity contribution in [2.45, 2.75) is 51.4 Å². The van der Waals surface area contributed by atoms with Gasteiger partial charge in [-0.15, -0.1) is 0 Å². The molecule has 1 fully saturated rings. The number of aromatic amines is 1. The molecule has 10 nitrogen and oxygen atoms in total. The highest BCUT2D eigenvalue weighted by molar-refractivity contribution is 7.88. The standard InChI is InChI=1S/C29H35ClN6O4S/c1-19-15-20(7-8-24(19)30)28-23-18-34(41(2,39)40)14-11-26(23)35(32-28)17-22(37)16-33-12-9-21(10-13-33)36-27-6-4-3-5-25(27)31-29(36)38/h3-8,15,21-22,37H,9-14,16-18H2,1-2H3,(H,31,38). The van der Waals surface area contributed by atoms with E-state index in [9.17, 15) is 18.3 Å². The van der Waals surface area contributed by atoms with Gasteiger partial charge in [0.05, 0.1) is 35.6 Å². The number of aromatic nitrogens is 4. The molecule has 1 unspecified atom stereocenters. The fraction of sp³-hybridized carbons (Fsp3) is 0.448. The van der Waals surface area contributed by atoms with Crippen LogP contribution in [-0.4, -0.2) is 80.6 Å². The number of hydrogen-bond acceptors (Lipinski definition) is 6. The van der Waals surface area contributed by atoms with E-state index in [1.54, 1.807) is 0 Å². The summed E-state index contributed by atoms with van der Waals surface area (Å²) < 4.78 is 29.9. The van der Waals surface area contributed by atoms with Crippen molar-refractivity contribution < 1.29 is 13.5 Å². The van der Waals surface area contributed by atoms with Gasteiger partial charge in [0.25, 0.3) is 0 Å². The van der Waals surface area contributed by atoms with E-state index in [1.165, 1.54) is 10.6 Å². The lowest BCUT2D eigenvalue weighted by Gasteiger charge is -2.33. The largest absolute Gasteiger partial charge is 0.390 e. The van der Waals surface area contributed by atoms with Gasteiger partial charge in [-0.1, -0.05) is 29.8 Å². The molecule has 0 bridgehead atoms. The fourth-order valence-corrected chi connectivity index (χ4v) is 7.18. The van der Waals surface area contributed by atoms with Gasteiger partial charge in [0.1, 0.15) is 0 Å². The Labute approximate surface area is 244 Å². The summed E-state index contributed by atoms with van der Waals surface area (Å²) in [6.07, 6.45) is 2.76. The highest BCUT2D eigenvalue weighted by Crippen LogP contribution is 2.33. The number of likely N-dealkylation sites (tertiary alicyclic amines) is 1. The van der Waals surface area contributed by atoms with Crippen LogP contribution in [0.25, 0.3) is 22.3 Å². The molecule has 0 radical (unpaired) electrons. The third-order valence-electron chi connectivity index (χ3n) is 8.40. The molecule has 12 heteroatoms. The predicted octanol–water partition coefficient (Wildman–Crippen LogP) is 3.17. The summed E-state index contributed by atoms with van der Waals surface area (Å²) in [7, 11) is -3.36. The van der Waals surface area contributed by atoms with E-state index in [0.29, 0.717) is 31.1 Å². The molecule has 0 saturated carbocycles. The fourth-order valence-electron chi connectivity index (χ4n) is 6.28. The van der Waals surface area contributed by atoms with Gasteiger partial charge in [-0.25, -0.2) is 13.2 Å². The van der Waals surface area contributed by atoms with E-state index >= 15 is 0 Å². The maximum absolute atomic E-state index is 12.6. The highest BCUT2D eigenvalue weighted by atomic mass is 35.5. The van der Waals surface area contributed by atoms with Gasteiger partial charge in [-0.05, 0) is 49.6 Å². The molecule has 4 heterocycles. The molecule has 2 aliphatic rings. The van der Waals surface area contributed by atoms with Gasteiger partial charge in [0.2, 0.25) is 10.0 Å². The van der Waals surface area contributed by atoms with Crippen LogP contribution >= 0.6 is 11.6 Å². The minimum Gasteiger partial charge on any atom is -0.390 e. The second-order valence-electron chi connectivity index (χ2n) is 11.3. The normalized spacial score (nSPS) is 18.1. The van der Waals surface area contributed by atoms with E-state index in [2.05, 4.69) is 9.88 Å². The molecule has 4 aromatic rings. The summed E-state index contributed by atoms with van der Waals surface area (Å²) in [6, 6.07) is 13.6. The molecule has 0 aliphatic carbocycles. The summed E-state index contributed by atoms with van der Waals surface area (Å²) in [5.74, 6) is 0. The van der Waals surface area contributed by atoms with E-state index in [4.69, 9.17) is 16.7 Å². The smallest absolute Gasteiger partial charge is 0.326 e. The van der Waals surface area contributed by atoms with Gasteiger partial charge in [0, 0.05) is 67.0 Å². The van der Waals surface area contributed by atoms with Gasteiger partial charge in [-0.2, -0.15) is 9.40 Å². The molecule has 2 aromatic carbocycles. The van der Waals surface area contributed by atoms with E-state index in [0.717, 1.165) is 65.0 Å². The molecule has 6 rings (SSSR count). The van der Waals surface area contributed by atoms with Gasteiger partial charge in [0.15, 0.2) is 0 Å². The number of aliphatic hydroxyl groups excluding tert-OH is 1. The molecule has 41 heavy (non-hydrogen) atoms. The Morgan fingerprint density at radius 3 is 2.61 bits per heavy atom. The topological polar surface area (TPSA) is 116 Å². The lowest BCUT2D eigenvalue weighted by molar-refractivity contribution is 0.0763. The number of sulfonamides is 1. The van der Waals surface area contributed by atoms with Gasteiger partial charge >= 0.3 is 5.69 Å². The summed E-state index contributed by atoms with van der Waals surface area (Å²) in [6.45, 7) is 4.94. The third-order valence-corrected chi connectivity index (χ3v) is 10.1. The number of imidazole rings is 1. The first kappa shape index (κ1) is 28.2. The van der Waals surface area contributed by atoms with Crippen LogP contribution in [0, 0.1) is 6.92 Å². The van der Waals surface area contributed by atoms with Crippen molar-refractivity contribution in [1.29, 1.82) is 0 Å². The average molecular weight is 599 g/mol. The number of rotatable bonds is 7. The second-order valence-corrected chi connectivity index (χ2v) is 13.7. The first-order valence-electron chi connectivity index (χ1n) is 14.0. The summed E-state index contributed by atoms with van der Waals surface area (Å²) >= 11 is 6.26. The maximum Gasteiger partial charge on any atom is 0.326 e. The lowest BCUT2D eigenvalue weighted by atomic mass is 10.0. The monoisotopic (exact) mass is 598 g/mol. The van der Waals surface area contributed by atoms with Crippen LogP contribution in [0.5, 0.6) is 0 Å². The van der Waals surface area contributed by atoms with Crippen LogP contribution in [0.1, 0.15) is 35.7 Å². The minimum absolute atomic E-state index is 0.0748. The molecule has 2 aromatic heterocycles. The Morgan fingerprint density at radius 1 is 1.12 bits per heavy atom. The third kappa shape index (κ3) is 5.61. The van der Waals surface area contributed by atoms with Crippen molar-refractivity contribution in [2.75, 3.05) is 32.4 Å². The molecule has 218 valence electrons. The zero-order valence-corrected chi connectivity index (χ0v) is 24.8. The van der Waals surface area contributed by atoms with Crippen LogP contribution < -0.4 is 5.69 Å². The van der Waals surface area contributed by atoms with Gasteiger partial charge in [-0.3, -0.25) is 9.25 Å². The van der Waals surface area contributed by atoms with Crippen molar-refractivity contribution in [3.8, 4) is 11.3 Å². The van der Waals surface area contributed by atoms with Crippen molar-refractivity contribution in [3.05, 3.63) is 74.8 Å². The number of nitrogens with one attached hydrogen (secondary N) is 1. The Morgan fingerprint density at radius 2 is 1.88 bits per heavy atom. The van der Waals surface area contributed by atoms with Gasteiger partial charge < -0.3 is 15.0 Å². The number of piperidine rings is 1. The van der Waals surface area contributed by atoms with Crippen LogP contribution in [0.4, 0.5) is 0 Å². The molecule has 2 N–H and O–H groups in total. The number of aliphatic hydroxyl groups is 1. The van der Waals surface area contributed by atoms with Crippen molar-refractivity contribution in [3.63, 3.8) is 0 Å². The molecule has 0 amide bonds. The number of aryl methyl sites for hydroxylation is 1. The lowest BCUT2D eigenvalue weighted by Crippen LogP contribution is -2.42. The quantitative estimate of drug-likeness (QED) is 0.338. The number of hydrogen-bond donors (Lipinski definition) is 2. The maximum atomic E-state index is 12.6. The zero-order valence-electron chi connectivity index (χ0n) is 23.3. The Kier molecular flexibility index (Phi) is 7.58.